The molecule has 0 aromatic heterocycles. The molecule has 0 saturated carbocycles. The minimum absolute atomic E-state index is 0.176. The van der Waals surface area contributed by atoms with Crippen molar-refractivity contribution in [2.24, 2.45) is 0 Å². The van der Waals surface area contributed by atoms with Crippen LogP contribution in [-0.4, -0.2) is 17.7 Å². The van der Waals surface area contributed by atoms with Crippen LogP contribution in [0.25, 0.3) is 0 Å². The summed E-state index contributed by atoms with van der Waals surface area (Å²) in [5, 5.41) is 11.9. The van der Waals surface area contributed by atoms with Crippen molar-refractivity contribution >= 4 is 0 Å². The van der Waals surface area contributed by atoms with E-state index >= 15 is 0 Å². The molecule has 0 aromatic rings. The first-order valence-corrected chi connectivity index (χ1v) is 2.92. The van der Waals surface area contributed by atoms with Gasteiger partial charge in [0.25, 0.3) is 0 Å². The van der Waals surface area contributed by atoms with E-state index < -0.39 is 0 Å². The molecule has 1 aliphatic heterocycles. The van der Waals surface area contributed by atoms with Gasteiger partial charge in [0.05, 0.1) is 6.04 Å². The highest BCUT2D eigenvalue weighted by Gasteiger charge is 2.15. The molecule has 0 amide bonds. The third-order valence-electron chi connectivity index (χ3n) is 1.46. The van der Waals surface area contributed by atoms with E-state index in [1.807, 2.05) is 0 Å². The van der Waals surface area contributed by atoms with Crippen molar-refractivity contribution in [2.75, 3.05) is 6.54 Å². The van der Waals surface area contributed by atoms with Crippen LogP contribution in [0.3, 0.4) is 0 Å². The monoisotopic (exact) mass is 113 g/mol. The lowest BCUT2D eigenvalue weighted by molar-refractivity contribution is 0.357. The van der Waals surface area contributed by atoms with Crippen molar-refractivity contribution in [1.29, 1.82) is 0 Å². The summed E-state index contributed by atoms with van der Waals surface area (Å²) in [6.45, 7) is 4.45. The van der Waals surface area contributed by atoms with Crippen LogP contribution in [0.1, 0.15) is 12.8 Å². The smallest absolute Gasteiger partial charge is 0.102 e. The van der Waals surface area contributed by atoms with Gasteiger partial charge in [-0.25, -0.2) is 0 Å². The Morgan fingerprint density at radius 2 is 2.50 bits per heavy atom. The number of hydrogen-bond acceptors (Lipinski definition) is 2. The predicted molar refractivity (Wildman–Crippen MR) is 32.8 cm³/mol. The van der Waals surface area contributed by atoms with Crippen LogP contribution in [-0.2, 0) is 0 Å². The lowest BCUT2D eigenvalue weighted by Gasteiger charge is -2.05. The minimum Gasteiger partial charge on any atom is -0.511 e. The van der Waals surface area contributed by atoms with Gasteiger partial charge in [0, 0.05) is 0 Å². The molecule has 0 spiro atoms. The zero-order valence-electron chi connectivity index (χ0n) is 4.85. The average Bonchev–Trinajstić information content (AvgIpc) is 2.12. The first kappa shape index (κ1) is 5.63. The molecule has 1 saturated heterocycles. The Morgan fingerprint density at radius 3 is 2.75 bits per heavy atom. The maximum atomic E-state index is 8.80. The van der Waals surface area contributed by atoms with Crippen molar-refractivity contribution in [2.45, 2.75) is 18.9 Å². The van der Waals surface area contributed by atoms with Gasteiger partial charge in [0.1, 0.15) is 5.76 Å². The minimum atomic E-state index is 0.176. The Labute approximate surface area is 49.2 Å². The van der Waals surface area contributed by atoms with E-state index in [-0.39, 0.29) is 11.8 Å². The van der Waals surface area contributed by atoms with E-state index in [0.717, 1.165) is 19.4 Å². The summed E-state index contributed by atoms with van der Waals surface area (Å²) in [5.41, 5.74) is 0. The van der Waals surface area contributed by atoms with Crippen molar-refractivity contribution in [3.05, 3.63) is 12.3 Å². The largest absolute Gasteiger partial charge is 0.511 e. The van der Waals surface area contributed by atoms with Crippen LogP contribution in [0.4, 0.5) is 0 Å². The van der Waals surface area contributed by atoms with Crippen LogP contribution < -0.4 is 5.32 Å². The van der Waals surface area contributed by atoms with E-state index in [9.17, 15) is 0 Å². The number of hydrogen-bond donors (Lipinski definition) is 2. The SMILES string of the molecule is C=C(O)[C@@H]1CCCN1. The molecule has 0 aliphatic carbocycles. The fourth-order valence-corrected chi connectivity index (χ4v) is 0.969. The third kappa shape index (κ3) is 1.01. The summed E-state index contributed by atoms with van der Waals surface area (Å²) in [4.78, 5) is 0. The zero-order chi connectivity index (χ0) is 5.98. The molecule has 2 N–H and O–H groups in total. The molecule has 1 atom stereocenters. The fraction of sp³-hybridized carbons (Fsp3) is 0.667. The summed E-state index contributed by atoms with van der Waals surface area (Å²) >= 11 is 0. The van der Waals surface area contributed by atoms with Crippen LogP contribution >= 0.6 is 0 Å². The maximum Gasteiger partial charge on any atom is 0.102 e. The van der Waals surface area contributed by atoms with E-state index in [1.54, 1.807) is 0 Å². The topological polar surface area (TPSA) is 32.3 Å². The summed E-state index contributed by atoms with van der Waals surface area (Å²) in [7, 11) is 0. The highest BCUT2D eigenvalue weighted by Crippen LogP contribution is 2.09. The van der Waals surface area contributed by atoms with E-state index in [1.165, 1.54) is 0 Å². The Bertz CT molecular complexity index is 94.7. The van der Waals surface area contributed by atoms with Crippen LogP contribution in [0.5, 0.6) is 0 Å². The number of rotatable bonds is 1. The van der Waals surface area contributed by atoms with Crippen molar-refractivity contribution in [3.63, 3.8) is 0 Å². The maximum absolute atomic E-state index is 8.80. The molecule has 46 valence electrons. The van der Waals surface area contributed by atoms with E-state index in [4.69, 9.17) is 5.11 Å². The molecule has 0 unspecified atom stereocenters. The quantitative estimate of drug-likeness (QED) is 0.493. The zero-order valence-corrected chi connectivity index (χ0v) is 4.85. The Balaban J connectivity index is 2.35. The number of aliphatic hydroxyl groups excluding tert-OH is 1. The Morgan fingerprint density at radius 1 is 1.75 bits per heavy atom. The summed E-state index contributed by atoms with van der Waals surface area (Å²) in [5.74, 6) is 0.280. The van der Waals surface area contributed by atoms with Gasteiger partial charge < -0.3 is 10.4 Å². The van der Waals surface area contributed by atoms with Gasteiger partial charge >= 0.3 is 0 Å². The van der Waals surface area contributed by atoms with Gasteiger partial charge in [-0.3, -0.25) is 0 Å². The molecule has 2 heteroatoms. The third-order valence-corrected chi connectivity index (χ3v) is 1.46. The van der Waals surface area contributed by atoms with Crippen LogP contribution in [0.2, 0.25) is 0 Å². The molecule has 1 fully saturated rings. The second-order valence-electron chi connectivity index (χ2n) is 2.14. The van der Waals surface area contributed by atoms with Gasteiger partial charge in [0.2, 0.25) is 0 Å². The summed E-state index contributed by atoms with van der Waals surface area (Å²) < 4.78 is 0. The van der Waals surface area contributed by atoms with Gasteiger partial charge in [-0.2, -0.15) is 0 Å². The van der Waals surface area contributed by atoms with Crippen molar-refractivity contribution < 1.29 is 5.11 Å². The van der Waals surface area contributed by atoms with E-state index in [2.05, 4.69) is 11.9 Å². The first-order valence-electron chi connectivity index (χ1n) is 2.92. The van der Waals surface area contributed by atoms with Crippen molar-refractivity contribution in [3.8, 4) is 0 Å². The molecule has 1 heterocycles. The van der Waals surface area contributed by atoms with Gasteiger partial charge in [-0.15, -0.1) is 0 Å². The lowest BCUT2D eigenvalue weighted by Crippen LogP contribution is -2.22. The molecule has 1 rings (SSSR count). The molecule has 2 nitrogen and oxygen atoms in total. The lowest BCUT2D eigenvalue weighted by atomic mass is 10.2. The Hall–Kier alpha value is -0.500. The number of nitrogens with one attached hydrogen (secondary N) is 1. The molecular formula is C6H11NO. The molecular weight excluding hydrogens is 102 g/mol. The summed E-state index contributed by atoms with van der Waals surface area (Å²) in [6.07, 6.45) is 2.19. The second-order valence-corrected chi connectivity index (χ2v) is 2.14. The van der Waals surface area contributed by atoms with Crippen molar-refractivity contribution in [1.82, 2.24) is 5.32 Å². The highest BCUT2D eigenvalue weighted by atomic mass is 16.3. The number of aliphatic hydroxyl groups is 1. The predicted octanol–water partition coefficient (Wildman–Crippen LogP) is 0.810. The average molecular weight is 113 g/mol. The van der Waals surface area contributed by atoms with Gasteiger partial charge in [-0.05, 0) is 19.4 Å². The van der Waals surface area contributed by atoms with Gasteiger partial charge in [-0.1, -0.05) is 6.58 Å². The van der Waals surface area contributed by atoms with Crippen LogP contribution in [0, 0.1) is 0 Å². The highest BCUT2D eigenvalue weighted by molar-refractivity contribution is 4.97. The molecule has 8 heavy (non-hydrogen) atoms. The standard InChI is InChI=1S/C6H11NO/c1-5(8)6-3-2-4-7-6/h6-8H,1-4H2/t6-/m0/s1. The Kier molecular flexibility index (Phi) is 1.53. The summed E-state index contributed by atoms with van der Waals surface area (Å²) in [6, 6.07) is 0.176. The molecule has 0 aromatic carbocycles. The second kappa shape index (κ2) is 2.18. The first-order chi connectivity index (χ1) is 3.80. The molecule has 1 aliphatic rings. The normalized spacial score (nSPS) is 28.2. The molecule has 0 radical (unpaired) electrons. The van der Waals surface area contributed by atoms with Crippen LogP contribution in [0.15, 0.2) is 12.3 Å². The fourth-order valence-electron chi connectivity index (χ4n) is 0.969. The van der Waals surface area contributed by atoms with Gasteiger partial charge in [0.15, 0.2) is 0 Å². The van der Waals surface area contributed by atoms with E-state index in [0.29, 0.717) is 0 Å². The molecule has 0 bridgehead atoms.